The predicted octanol–water partition coefficient (Wildman–Crippen LogP) is 1.92. The van der Waals surface area contributed by atoms with Crippen molar-refractivity contribution in [2.45, 2.75) is 110 Å². The van der Waals surface area contributed by atoms with Gasteiger partial charge in [0.25, 0.3) is 11.8 Å². The lowest BCUT2D eigenvalue weighted by molar-refractivity contribution is -0.139. The molecule has 1 aromatic rings. The SMILES string of the molecule is CC(C)(C)[C@H](NC(=O)[C@@H](NC(=O)c1cnccn1)C1CCCCC1)C(=O)C1C[C@H]2[C@@H]([C@H]1C(=O)NCC(O)C(=O)NC1CC1)C2(C)C. The summed E-state index contributed by atoms with van der Waals surface area (Å²) in [5.74, 6) is -3.20. The fourth-order valence-electron chi connectivity index (χ4n) is 7.85. The normalized spacial score (nSPS) is 27.3. The molecule has 5 rings (SSSR count). The number of fused-ring (bicyclic) bond motifs is 1. The van der Waals surface area contributed by atoms with Crippen molar-refractivity contribution < 1.29 is 29.1 Å². The van der Waals surface area contributed by atoms with Crippen molar-refractivity contribution >= 4 is 29.4 Å². The van der Waals surface area contributed by atoms with Gasteiger partial charge in [-0.3, -0.25) is 29.0 Å². The molecule has 252 valence electrons. The monoisotopic (exact) mass is 638 g/mol. The Bertz CT molecular complexity index is 1320. The van der Waals surface area contributed by atoms with Crippen molar-refractivity contribution in [3.8, 4) is 0 Å². The zero-order valence-corrected chi connectivity index (χ0v) is 27.7. The Hall–Kier alpha value is -3.41. The summed E-state index contributed by atoms with van der Waals surface area (Å²) >= 11 is 0. The van der Waals surface area contributed by atoms with Crippen LogP contribution in [0.1, 0.15) is 96.5 Å². The lowest BCUT2D eigenvalue weighted by Gasteiger charge is -2.37. The number of nitrogens with one attached hydrogen (secondary N) is 4. The summed E-state index contributed by atoms with van der Waals surface area (Å²) in [5, 5.41) is 21.7. The Morgan fingerprint density at radius 2 is 1.67 bits per heavy atom. The maximum Gasteiger partial charge on any atom is 0.272 e. The van der Waals surface area contributed by atoms with Crippen molar-refractivity contribution in [3.05, 3.63) is 24.3 Å². The van der Waals surface area contributed by atoms with Crippen LogP contribution in [0.3, 0.4) is 0 Å². The first-order valence-electron chi connectivity index (χ1n) is 16.9. The average molecular weight is 639 g/mol. The third kappa shape index (κ3) is 7.42. The minimum Gasteiger partial charge on any atom is -0.381 e. The molecule has 4 fully saturated rings. The van der Waals surface area contributed by atoms with Crippen LogP contribution in [0.4, 0.5) is 0 Å². The Balaban J connectivity index is 1.31. The molecular formula is C34H50N6O6. The lowest BCUT2D eigenvalue weighted by Crippen LogP contribution is -2.59. The van der Waals surface area contributed by atoms with Gasteiger partial charge in [-0.25, -0.2) is 4.98 Å². The molecule has 5 N–H and O–H groups in total. The molecule has 4 amide bonds. The highest BCUT2D eigenvalue weighted by atomic mass is 16.3. The van der Waals surface area contributed by atoms with E-state index in [1.807, 2.05) is 20.8 Å². The van der Waals surface area contributed by atoms with Gasteiger partial charge in [0, 0.05) is 24.4 Å². The predicted molar refractivity (Wildman–Crippen MR) is 169 cm³/mol. The number of hydrogen-bond acceptors (Lipinski definition) is 8. The molecule has 0 bridgehead atoms. The highest BCUT2D eigenvalue weighted by Crippen LogP contribution is 2.71. The number of Topliss-reactive ketones (excluding diaryl/α,β-unsaturated/α-hetero) is 1. The van der Waals surface area contributed by atoms with E-state index in [0.717, 1.165) is 44.9 Å². The second-order valence-corrected chi connectivity index (χ2v) is 15.5. The fourth-order valence-corrected chi connectivity index (χ4v) is 7.85. The number of ketones is 1. The van der Waals surface area contributed by atoms with Crippen LogP contribution >= 0.6 is 0 Å². The quantitative estimate of drug-likeness (QED) is 0.230. The Morgan fingerprint density at radius 1 is 0.978 bits per heavy atom. The van der Waals surface area contributed by atoms with Gasteiger partial charge in [-0.2, -0.15) is 0 Å². The number of nitrogens with zero attached hydrogens (tertiary/aromatic N) is 2. The summed E-state index contributed by atoms with van der Waals surface area (Å²) in [6.45, 7) is 9.60. The van der Waals surface area contributed by atoms with Crippen LogP contribution in [0.2, 0.25) is 0 Å². The van der Waals surface area contributed by atoms with Crippen LogP contribution in [0, 0.1) is 40.4 Å². The summed E-state index contributed by atoms with van der Waals surface area (Å²) in [4.78, 5) is 75.5. The fraction of sp³-hybridized carbons (Fsp3) is 0.735. The van der Waals surface area contributed by atoms with E-state index < -0.39 is 53.2 Å². The van der Waals surface area contributed by atoms with Gasteiger partial charge in [0.2, 0.25) is 11.8 Å². The molecule has 1 heterocycles. The topological polar surface area (TPSA) is 179 Å². The summed E-state index contributed by atoms with van der Waals surface area (Å²) < 4.78 is 0. The van der Waals surface area contributed by atoms with E-state index in [1.165, 1.54) is 18.6 Å². The smallest absolute Gasteiger partial charge is 0.272 e. The van der Waals surface area contributed by atoms with Crippen LogP contribution in [-0.4, -0.2) is 75.3 Å². The molecule has 4 saturated carbocycles. The number of hydrogen-bond donors (Lipinski definition) is 5. The summed E-state index contributed by atoms with van der Waals surface area (Å²) in [5.41, 5.74) is -0.687. The Kier molecular flexibility index (Phi) is 9.86. The first-order chi connectivity index (χ1) is 21.7. The van der Waals surface area contributed by atoms with Gasteiger partial charge in [-0.1, -0.05) is 53.9 Å². The zero-order chi connectivity index (χ0) is 33.4. The molecule has 0 aliphatic heterocycles. The van der Waals surface area contributed by atoms with Crippen molar-refractivity contribution in [2.24, 2.45) is 40.4 Å². The van der Waals surface area contributed by atoms with Crippen LogP contribution in [-0.2, 0) is 19.2 Å². The first kappa shape index (κ1) is 33.9. The molecule has 4 aliphatic carbocycles. The van der Waals surface area contributed by atoms with Crippen LogP contribution in [0.5, 0.6) is 0 Å². The molecule has 12 heteroatoms. The number of amides is 4. The first-order valence-corrected chi connectivity index (χ1v) is 16.9. The zero-order valence-electron chi connectivity index (χ0n) is 27.7. The van der Waals surface area contributed by atoms with E-state index in [2.05, 4.69) is 45.1 Å². The standard InChI is InChI=1S/C34H50N6O6/c1-33(2,3)28(40-32(46)26(18-9-7-6-8-10-18)39-29(43)22-16-35-13-14-36-22)27(42)20-15-21-25(34(21,4)5)24(20)31(45)37-17-23(41)30(44)38-19-11-12-19/h13-14,16,18-21,23-26,28,41H,6-12,15,17H2,1-5H3,(H,37,45)(H,38,44)(H,39,43)(H,40,46)/t20?,21-,23?,24-,25-,26-,28+/m0/s1. The molecule has 0 spiro atoms. The van der Waals surface area contributed by atoms with Gasteiger partial charge in [-0.05, 0) is 60.7 Å². The maximum absolute atomic E-state index is 14.4. The third-order valence-electron chi connectivity index (χ3n) is 10.8. The molecule has 0 aromatic carbocycles. The minimum absolute atomic E-state index is 0.0172. The molecule has 0 radical (unpaired) electrons. The van der Waals surface area contributed by atoms with E-state index in [1.54, 1.807) is 0 Å². The van der Waals surface area contributed by atoms with Gasteiger partial charge in [0.05, 0.1) is 24.7 Å². The number of aliphatic hydroxyl groups is 1. The Morgan fingerprint density at radius 3 is 2.28 bits per heavy atom. The van der Waals surface area contributed by atoms with Crippen molar-refractivity contribution in [3.63, 3.8) is 0 Å². The van der Waals surface area contributed by atoms with Gasteiger partial charge in [0.15, 0.2) is 5.78 Å². The maximum atomic E-state index is 14.4. The number of carbonyl (C=O) groups is 5. The second kappa shape index (κ2) is 13.4. The van der Waals surface area contributed by atoms with Crippen LogP contribution in [0.15, 0.2) is 18.6 Å². The van der Waals surface area contributed by atoms with Gasteiger partial charge >= 0.3 is 0 Å². The van der Waals surface area contributed by atoms with Crippen molar-refractivity contribution in [1.82, 2.24) is 31.2 Å². The molecule has 0 saturated heterocycles. The van der Waals surface area contributed by atoms with E-state index in [0.29, 0.717) is 6.42 Å². The van der Waals surface area contributed by atoms with Crippen LogP contribution in [0.25, 0.3) is 0 Å². The van der Waals surface area contributed by atoms with Crippen molar-refractivity contribution in [2.75, 3.05) is 6.54 Å². The Labute approximate surface area is 271 Å². The molecule has 46 heavy (non-hydrogen) atoms. The highest BCUT2D eigenvalue weighted by molar-refractivity contribution is 5.99. The van der Waals surface area contributed by atoms with Gasteiger partial charge in [0.1, 0.15) is 17.8 Å². The number of rotatable bonds is 12. The summed E-state index contributed by atoms with van der Waals surface area (Å²) in [6.07, 6.45) is 9.68. The van der Waals surface area contributed by atoms with E-state index in [9.17, 15) is 29.1 Å². The molecular weight excluding hydrogens is 588 g/mol. The molecule has 7 atom stereocenters. The number of carbonyl (C=O) groups excluding carboxylic acids is 5. The van der Waals surface area contributed by atoms with Crippen molar-refractivity contribution in [1.29, 1.82) is 0 Å². The second-order valence-electron chi connectivity index (χ2n) is 15.5. The highest BCUT2D eigenvalue weighted by Gasteiger charge is 2.70. The number of aromatic nitrogens is 2. The minimum atomic E-state index is -1.38. The molecule has 1 aromatic heterocycles. The molecule has 2 unspecified atom stereocenters. The lowest BCUT2D eigenvalue weighted by atomic mass is 9.73. The average Bonchev–Trinajstić information content (AvgIpc) is 3.88. The van der Waals surface area contributed by atoms with E-state index in [4.69, 9.17) is 0 Å². The van der Waals surface area contributed by atoms with E-state index in [-0.39, 0.29) is 53.1 Å². The van der Waals surface area contributed by atoms with Gasteiger partial charge in [-0.15, -0.1) is 0 Å². The van der Waals surface area contributed by atoms with Crippen LogP contribution < -0.4 is 21.3 Å². The third-order valence-corrected chi connectivity index (χ3v) is 10.8. The number of aliphatic hydroxyl groups excluding tert-OH is 1. The van der Waals surface area contributed by atoms with E-state index >= 15 is 0 Å². The largest absolute Gasteiger partial charge is 0.381 e. The molecule has 4 aliphatic rings. The summed E-state index contributed by atoms with van der Waals surface area (Å²) in [7, 11) is 0. The summed E-state index contributed by atoms with van der Waals surface area (Å²) in [6, 6.07) is -1.67. The van der Waals surface area contributed by atoms with Gasteiger partial charge < -0.3 is 26.4 Å². The molecule has 12 nitrogen and oxygen atoms in total.